The number of para-hydroxylation sites is 1. The van der Waals surface area contributed by atoms with Crippen LogP contribution in [0.2, 0.25) is 0 Å². The molecule has 9 heavy (non-hydrogen) atoms. The van der Waals surface area contributed by atoms with Gasteiger partial charge in [0.1, 0.15) is 5.75 Å². The van der Waals surface area contributed by atoms with Gasteiger partial charge in [-0.25, -0.2) is 0 Å². The molecule has 0 aliphatic carbocycles. The molecular formula is C6H8KLiO. The number of hydrogen-bond donors (Lipinski definition) is 1. The second-order valence-electron chi connectivity index (χ2n) is 1.34. The summed E-state index contributed by atoms with van der Waals surface area (Å²) >= 11 is 0. The van der Waals surface area contributed by atoms with E-state index in [1.54, 1.807) is 24.3 Å². The van der Waals surface area contributed by atoms with Gasteiger partial charge in [-0.15, -0.1) is 0 Å². The summed E-state index contributed by atoms with van der Waals surface area (Å²) in [7, 11) is 0. The maximum atomic E-state index is 8.63. The van der Waals surface area contributed by atoms with Gasteiger partial charge in [-0.05, 0) is 12.1 Å². The van der Waals surface area contributed by atoms with Crippen molar-refractivity contribution in [3.8, 4) is 5.75 Å². The first-order valence-corrected chi connectivity index (χ1v) is 2.13. The van der Waals surface area contributed by atoms with Crippen LogP contribution in [0.5, 0.6) is 5.75 Å². The molecule has 40 valence electrons. The van der Waals surface area contributed by atoms with Gasteiger partial charge in [-0.3, -0.25) is 0 Å². The van der Waals surface area contributed by atoms with Crippen LogP contribution in [0.3, 0.4) is 0 Å². The van der Waals surface area contributed by atoms with Crippen molar-refractivity contribution in [1.29, 1.82) is 0 Å². The molecule has 0 radical (unpaired) electrons. The van der Waals surface area contributed by atoms with Crippen LogP contribution in [-0.2, 0) is 0 Å². The van der Waals surface area contributed by atoms with E-state index in [1.165, 1.54) is 0 Å². The van der Waals surface area contributed by atoms with Crippen LogP contribution in [0.25, 0.3) is 0 Å². The fraction of sp³-hybridized carbons (Fsp3) is 0. The summed E-state index contributed by atoms with van der Waals surface area (Å²) in [5.41, 5.74) is 0. The number of hydrogen-bond acceptors (Lipinski definition) is 1. The standard InChI is InChI=1S/C6H6O.K.Li.2H/c7-6-4-2-1-3-5-6;;;;/h1-5,7H;;;;. The molecule has 0 saturated carbocycles. The van der Waals surface area contributed by atoms with Gasteiger partial charge in [0.15, 0.2) is 0 Å². The van der Waals surface area contributed by atoms with Gasteiger partial charge < -0.3 is 5.11 Å². The first-order chi connectivity index (χ1) is 3.39. The van der Waals surface area contributed by atoms with Gasteiger partial charge in [-0.2, -0.15) is 0 Å². The van der Waals surface area contributed by atoms with Crippen molar-refractivity contribution < 1.29 is 5.11 Å². The summed E-state index contributed by atoms with van der Waals surface area (Å²) in [5.74, 6) is 0.322. The first-order valence-electron chi connectivity index (χ1n) is 2.13. The molecule has 0 aromatic heterocycles. The zero-order valence-electron chi connectivity index (χ0n) is 3.83. The van der Waals surface area contributed by atoms with Crippen molar-refractivity contribution in [2.75, 3.05) is 0 Å². The molecule has 0 aliphatic heterocycles. The zero-order valence-corrected chi connectivity index (χ0v) is 3.83. The molecule has 0 atom stereocenters. The first kappa shape index (κ1) is 12.9. The van der Waals surface area contributed by atoms with E-state index in [0.29, 0.717) is 5.75 Å². The third-order valence-corrected chi connectivity index (χ3v) is 0.756. The average Bonchev–Trinajstić information content (AvgIpc) is 1.69. The Morgan fingerprint density at radius 2 is 1.44 bits per heavy atom. The Bertz CT molecular complexity index is 143. The second kappa shape index (κ2) is 7.36. The predicted molar refractivity (Wildman–Crippen MR) is 42.4 cm³/mol. The van der Waals surface area contributed by atoms with Gasteiger partial charge in [-0.1, -0.05) is 18.2 Å². The van der Waals surface area contributed by atoms with Crippen LogP contribution in [-0.4, -0.2) is 75.4 Å². The molecular weight excluding hydrogens is 134 g/mol. The summed E-state index contributed by atoms with van der Waals surface area (Å²) < 4.78 is 0. The second-order valence-corrected chi connectivity index (χ2v) is 1.34. The van der Waals surface area contributed by atoms with Crippen molar-refractivity contribution >= 4 is 70.2 Å². The number of aromatic hydroxyl groups is 1. The number of phenols is 1. The van der Waals surface area contributed by atoms with Crippen LogP contribution >= 0.6 is 0 Å². The minimum absolute atomic E-state index is 0. The number of phenolic OH excluding ortho intramolecular Hbond substituents is 1. The van der Waals surface area contributed by atoms with E-state index in [2.05, 4.69) is 0 Å². The molecule has 0 fully saturated rings. The van der Waals surface area contributed by atoms with E-state index in [-0.39, 0.29) is 70.2 Å². The van der Waals surface area contributed by atoms with Crippen LogP contribution in [0.4, 0.5) is 0 Å². The minimum atomic E-state index is 0. The topological polar surface area (TPSA) is 20.2 Å². The third-order valence-electron chi connectivity index (χ3n) is 0.756. The van der Waals surface area contributed by atoms with Crippen LogP contribution < -0.4 is 0 Å². The molecule has 3 heteroatoms. The predicted octanol–water partition coefficient (Wildman–Crippen LogP) is 0.0952. The molecule has 0 unspecified atom stereocenters. The quantitative estimate of drug-likeness (QED) is 0.509. The molecule has 1 aromatic rings. The summed E-state index contributed by atoms with van der Waals surface area (Å²) in [5, 5.41) is 8.63. The van der Waals surface area contributed by atoms with Crippen LogP contribution in [0.1, 0.15) is 0 Å². The van der Waals surface area contributed by atoms with E-state index in [4.69, 9.17) is 5.11 Å². The van der Waals surface area contributed by atoms with Crippen molar-refractivity contribution in [2.24, 2.45) is 0 Å². The summed E-state index contributed by atoms with van der Waals surface area (Å²) in [6.45, 7) is 0. The molecule has 0 spiro atoms. The van der Waals surface area contributed by atoms with Gasteiger partial charge in [0, 0.05) is 0 Å². The fourth-order valence-electron chi connectivity index (χ4n) is 0.428. The Morgan fingerprint density at radius 1 is 1.00 bits per heavy atom. The van der Waals surface area contributed by atoms with Crippen molar-refractivity contribution in [2.45, 2.75) is 0 Å². The Labute approximate surface area is 109 Å². The van der Waals surface area contributed by atoms with Crippen LogP contribution in [0, 0.1) is 0 Å². The van der Waals surface area contributed by atoms with Gasteiger partial charge in [0.25, 0.3) is 0 Å². The Balaban J connectivity index is 0. The van der Waals surface area contributed by atoms with Crippen molar-refractivity contribution in [3.05, 3.63) is 30.3 Å². The van der Waals surface area contributed by atoms with Gasteiger partial charge in [0.05, 0.1) is 0 Å². The molecule has 1 nitrogen and oxygen atoms in total. The molecule has 0 saturated heterocycles. The van der Waals surface area contributed by atoms with E-state index in [9.17, 15) is 0 Å². The van der Waals surface area contributed by atoms with E-state index in [1.807, 2.05) is 6.07 Å². The van der Waals surface area contributed by atoms with Gasteiger partial charge >= 0.3 is 70.2 Å². The summed E-state index contributed by atoms with van der Waals surface area (Å²) in [6, 6.07) is 8.71. The fourth-order valence-corrected chi connectivity index (χ4v) is 0.428. The van der Waals surface area contributed by atoms with Crippen LogP contribution in [0.15, 0.2) is 30.3 Å². The van der Waals surface area contributed by atoms with E-state index in [0.717, 1.165) is 0 Å². The van der Waals surface area contributed by atoms with Crippen molar-refractivity contribution in [3.63, 3.8) is 0 Å². The van der Waals surface area contributed by atoms with E-state index >= 15 is 0 Å². The van der Waals surface area contributed by atoms with E-state index < -0.39 is 0 Å². The van der Waals surface area contributed by atoms with Crippen molar-refractivity contribution in [1.82, 2.24) is 0 Å². The molecule has 0 heterocycles. The number of rotatable bonds is 0. The van der Waals surface area contributed by atoms with Gasteiger partial charge in [0.2, 0.25) is 0 Å². The summed E-state index contributed by atoms with van der Waals surface area (Å²) in [6.07, 6.45) is 0. The molecule has 1 aromatic carbocycles. The molecule has 0 bridgehead atoms. The molecule has 1 N–H and O–H groups in total. The molecule has 0 amide bonds. The Kier molecular flexibility index (Phi) is 10.5. The maximum absolute atomic E-state index is 8.63. The zero-order chi connectivity index (χ0) is 5.11. The summed E-state index contributed by atoms with van der Waals surface area (Å²) in [4.78, 5) is 0. The molecule has 1 rings (SSSR count). The Hall–Kier alpha value is 1.25. The Morgan fingerprint density at radius 3 is 1.67 bits per heavy atom. The normalized spacial score (nSPS) is 6.67. The number of benzene rings is 1. The monoisotopic (exact) mass is 142 g/mol. The molecule has 0 aliphatic rings. The third kappa shape index (κ3) is 5.69. The average molecular weight is 142 g/mol. The SMILES string of the molecule is Oc1ccccc1.[KH].[LiH].